The maximum atomic E-state index is 6.03. The molecule has 0 saturated carbocycles. The van der Waals surface area contributed by atoms with Crippen molar-refractivity contribution in [2.24, 2.45) is 0 Å². The van der Waals surface area contributed by atoms with Crippen molar-refractivity contribution in [3.63, 3.8) is 0 Å². The van der Waals surface area contributed by atoms with Gasteiger partial charge in [0.15, 0.2) is 0 Å². The first-order valence-corrected chi connectivity index (χ1v) is 13.8. The summed E-state index contributed by atoms with van der Waals surface area (Å²) in [5, 5.41) is 0. The number of terminal acetylenes is 3. The van der Waals surface area contributed by atoms with Crippen molar-refractivity contribution >= 4 is 0 Å². The lowest BCUT2D eigenvalue weighted by Crippen LogP contribution is -1.88. The van der Waals surface area contributed by atoms with Gasteiger partial charge in [-0.15, -0.1) is 19.3 Å². The van der Waals surface area contributed by atoms with Crippen molar-refractivity contribution in [2.45, 2.75) is 0 Å². The van der Waals surface area contributed by atoms with Crippen LogP contribution in [-0.4, -0.2) is 0 Å². The van der Waals surface area contributed by atoms with Crippen LogP contribution < -0.4 is 0 Å². The quantitative estimate of drug-likeness (QED) is 0.200. The van der Waals surface area contributed by atoms with Crippen molar-refractivity contribution in [3.8, 4) is 104 Å². The maximum Gasteiger partial charge on any atom is 0.0327 e. The molecule has 0 atom stereocenters. The molecule has 0 amide bonds. The molecule has 0 aliphatic heterocycles. The summed E-state index contributed by atoms with van der Waals surface area (Å²) in [5.41, 5.74) is 15.7. The van der Waals surface area contributed by atoms with Crippen molar-refractivity contribution in [1.82, 2.24) is 0 Å². The maximum absolute atomic E-state index is 6.03. The van der Waals surface area contributed by atoms with Gasteiger partial charge in [0.2, 0.25) is 0 Å². The monoisotopic (exact) mass is 528 g/mol. The van der Waals surface area contributed by atoms with Crippen LogP contribution in [0.2, 0.25) is 0 Å². The Morgan fingerprint density at radius 1 is 0.286 bits per heavy atom. The van der Waals surface area contributed by atoms with E-state index in [0.717, 1.165) is 83.5 Å². The van der Waals surface area contributed by atoms with Gasteiger partial charge in [-0.25, -0.2) is 0 Å². The minimum absolute atomic E-state index is 0.871. The van der Waals surface area contributed by atoms with Crippen molar-refractivity contribution in [2.75, 3.05) is 0 Å². The Hall–Kier alpha value is -6.00. The van der Waals surface area contributed by atoms with E-state index in [-0.39, 0.29) is 0 Å². The van der Waals surface area contributed by atoms with Crippen LogP contribution in [0.25, 0.3) is 66.8 Å². The van der Waals surface area contributed by atoms with Gasteiger partial charge in [-0.05, 0) is 91.0 Å². The third-order valence-electron chi connectivity index (χ3n) is 8.10. The number of fused-ring (bicyclic) bond motifs is 3. The third kappa shape index (κ3) is 3.94. The van der Waals surface area contributed by atoms with E-state index >= 15 is 0 Å². The zero-order valence-electron chi connectivity index (χ0n) is 22.9. The summed E-state index contributed by atoms with van der Waals surface area (Å²) in [6, 6.07) is 44.1. The zero-order chi connectivity index (χ0) is 28.6. The Morgan fingerprint density at radius 2 is 0.619 bits per heavy atom. The van der Waals surface area contributed by atoms with E-state index < -0.39 is 0 Å². The van der Waals surface area contributed by atoms with E-state index in [0.29, 0.717) is 0 Å². The molecule has 0 fully saturated rings. The summed E-state index contributed by atoms with van der Waals surface area (Å²) in [5.74, 6) is 8.71. The van der Waals surface area contributed by atoms with Crippen LogP contribution >= 0.6 is 0 Å². The standard InChI is InChI=1S/C42H24/c1-4-28-24-39(35-19-13-7-10-16-32(28)35)31-22-23-38(40-25-29(5-2)33-17-11-8-14-20-36(33)40)42(27-31)41-26-30(6-3)34-18-12-9-15-21-37(34)41/h1-3,7-27H. The molecule has 1 aromatic carbocycles. The van der Waals surface area contributed by atoms with E-state index in [4.69, 9.17) is 19.3 Å². The molecule has 0 unspecified atom stereocenters. The topological polar surface area (TPSA) is 0 Å². The second-order valence-electron chi connectivity index (χ2n) is 10.3. The van der Waals surface area contributed by atoms with Crippen LogP contribution in [0.1, 0.15) is 16.7 Å². The molecule has 0 radical (unpaired) electrons. The Morgan fingerprint density at radius 3 is 1.07 bits per heavy atom. The smallest absolute Gasteiger partial charge is 0.0327 e. The molecular formula is C42H24. The summed E-state index contributed by atoms with van der Waals surface area (Å²) >= 11 is 0. The van der Waals surface area contributed by atoms with E-state index in [1.165, 1.54) is 0 Å². The van der Waals surface area contributed by atoms with Gasteiger partial charge in [0.25, 0.3) is 0 Å². The second kappa shape index (κ2) is 10.2. The summed E-state index contributed by atoms with van der Waals surface area (Å²) in [7, 11) is 0. The first-order chi connectivity index (χ1) is 20.7. The molecule has 192 valence electrons. The van der Waals surface area contributed by atoms with E-state index in [2.05, 4.69) is 109 Å². The Kier molecular flexibility index (Phi) is 6.07. The van der Waals surface area contributed by atoms with Crippen LogP contribution in [0.15, 0.2) is 127 Å². The van der Waals surface area contributed by atoms with Crippen molar-refractivity contribution in [1.29, 1.82) is 0 Å². The highest BCUT2D eigenvalue weighted by Gasteiger charge is 2.23. The lowest BCUT2D eigenvalue weighted by Gasteiger charge is -2.14. The number of hydrogen-bond acceptors (Lipinski definition) is 0. The van der Waals surface area contributed by atoms with Gasteiger partial charge in [0.1, 0.15) is 0 Å². The predicted molar refractivity (Wildman–Crippen MR) is 176 cm³/mol. The van der Waals surface area contributed by atoms with Gasteiger partial charge >= 0.3 is 0 Å². The average molecular weight is 529 g/mol. The molecule has 0 saturated heterocycles. The SMILES string of the molecule is C#Cc1cc(-c2ccc(-c3cc(C#C)c4cccccc3-4)c(-c3cc(C#C)c4cccccc3-4)c2)c2cccccc1-2. The Balaban J connectivity index is 1.56. The van der Waals surface area contributed by atoms with Gasteiger partial charge in [0.05, 0.1) is 0 Å². The molecular weight excluding hydrogens is 504 g/mol. The molecule has 0 heteroatoms. The summed E-state index contributed by atoms with van der Waals surface area (Å²) < 4.78 is 0. The molecule has 0 nitrogen and oxygen atoms in total. The minimum atomic E-state index is 0.871. The molecule has 6 aliphatic carbocycles. The zero-order valence-corrected chi connectivity index (χ0v) is 22.9. The highest BCUT2D eigenvalue weighted by atomic mass is 14.3. The predicted octanol–water partition coefficient (Wildman–Crippen LogP) is 9.95. The van der Waals surface area contributed by atoms with Gasteiger partial charge in [-0.1, -0.05) is 121 Å². The largest absolute Gasteiger partial charge is 0.115 e. The first-order valence-electron chi connectivity index (χ1n) is 13.8. The van der Waals surface area contributed by atoms with E-state index in [9.17, 15) is 0 Å². The summed E-state index contributed by atoms with van der Waals surface area (Å²) in [6.07, 6.45) is 18.0. The van der Waals surface area contributed by atoms with Crippen LogP contribution in [-0.2, 0) is 0 Å². The van der Waals surface area contributed by atoms with Gasteiger partial charge in [-0.3, -0.25) is 0 Å². The van der Waals surface area contributed by atoms with Gasteiger partial charge in [-0.2, -0.15) is 0 Å². The highest BCUT2D eigenvalue weighted by Crippen LogP contribution is 2.48. The van der Waals surface area contributed by atoms with E-state index in [1.807, 2.05) is 36.4 Å². The summed E-state index contributed by atoms with van der Waals surface area (Å²) in [4.78, 5) is 0. The van der Waals surface area contributed by atoms with Crippen LogP contribution in [0, 0.1) is 37.0 Å². The summed E-state index contributed by atoms with van der Waals surface area (Å²) in [6.45, 7) is 0. The fraction of sp³-hybridized carbons (Fsp3) is 0. The lowest BCUT2D eigenvalue weighted by atomic mass is 9.89. The molecule has 42 heavy (non-hydrogen) atoms. The fourth-order valence-corrected chi connectivity index (χ4v) is 6.16. The Labute approximate surface area is 247 Å². The van der Waals surface area contributed by atoms with Crippen molar-refractivity contribution in [3.05, 3.63) is 144 Å². The normalized spacial score (nSPS) is 10.8. The number of benzene rings is 1. The Bertz CT molecular complexity index is 2170. The van der Waals surface area contributed by atoms with Crippen LogP contribution in [0.5, 0.6) is 0 Å². The minimum Gasteiger partial charge on any atom is -0.115 e. The number of hydrogen-bond donors (Lipinski definition) is 0. The molecule has 0 heterocycles. The average Bonchev–Trinajstić information content (AvgIpc) is 3.38. The molecule has 6 aliphatic rings. The van der Waals surface area contributed by atoms with Crippen LogP contribution in [0.4, 0.5) is 0 Å². The molecule has 1 aromatic rings. The fourth-order valence-electron chi connectivity index (χ4n) is 6.16. The number of rotatable bonds is 3. The second-order valence-corrected chi connectivity index (χ2v) is 10.3. The molecule has 0 bridgehead atoms. The molecule has 0 spiro atoms. The van der Waals surface area contributed by atoms with Crippen LogP contribution in [0.3, 0.4) is 0 Å². The van der Waals surface area contributed by atoms with Crippen molar-refractivity contribution < 1.29 is 0 Å². The highest BCUT2D eigenvalue weighted by molar-refractivity contribution is 6.02. The first kappa shape index (κ1) is 25.0. The third-order valence-corrected chi connectivity index (χ3v) is 8.10. The van der Waals surface area contributed by atoms with E-state index in [1.54, 1.807) is 0 Å². The van der Waals surface area contributed by atoms with Gasteiger partial charge < -0.3 is 0 Å². The molecule has 0 N–H and O–H groups in total. The molecule has 7 rings (SSSR count). The lowest BCUT2D eigenvalue weighted by molar-refractivity contribution is 1.62. The van der Waals surface area contributed by atoms with Gasteiger partial charge in [0, 0.05) is 16.7 Å². The molecule has 0 aromatic heterocycles.